The van der Waals surface area contributed by atoms with Crippen LogP contribution < -0.4 is 4.90 Å². The van der Waals surface area contributed by atoms with Crippen molar-refractivity contribution in [1.29, 1.82) is 0 Å². The van der Waals surface area contributed by atoms with Gasteiger partial charge >= 0.3 is 0 Å². The number of benzene rings is 1. The number of piperazine rings is 1. The molecule has 2 fully saturated rings. The van der Waals surface area contributed by atoms with Crippen LogP contribution in [0.15, 0.2) is 24.3 Å². The van der Waals surface area contributed by atoms with Crippen molar-refractivity contribution in [3.63, 3.8) is 0 Å². The van der Waals surface area contributed by atoms with Gasteiger partial charge in [-0.2, -0.15) is 0 Å². The minimum atomic E-state index is -0.152. The summed E-state index contributed by atoms with van der Waals surface area (Å²) >= 11 is 6.05. The summed E-state index contributed by atoms with van der Waals surface area (Å²) in [5.41, 5.74) is 1.15. The average Bonchev–Trinajstić information content (AvgIpc) is 3.40. The van der Waals surface area contributed by atoms with E-state index in [0.717, 1.165) is 56.0 Å². The summed E-state index contributed by atoms with van der Waals surface area (Å²) in [6.45, 7) is 4.36. The molecule has 0 radical (unpaired) electrons. The average molecular weight is 335 g/mol. The molecule has 1 heterocycles. The molecule has 0 aromatic heterocycles. The van der Waals surface area contributed by atoms with Crippen molar-refractivity contribution in [3.8, 4) is 0 Å². The number of nitrogens with zero attached hydrogens (tertiary/aromatic N) is 2. The highest BCUT2D eigenvalue weighted by atomic mass is 35.5. The number of carbonyl (C=O) groups is 2. The molecule has 1 aliphatic heterocycles. The van der Waals surface area contributed by atoms with Crippen molar-refractivity contribution in [2.24, 2.45) is 11.8 Å². The van der Waals surface area contributed by atoms with E-state index in [4.69, 9.17) is 11.6 Å². The molecule has 1 aromatic rings. The molecule has 23 heavy (non-hydrogen) atoms. The Morgan fingerprint density at radius 2 is 2.00 bits per heavy atom. The second kappa shape index (κ2) is 7.45. The molecule has 5 heteroatoms. The fraction of sp³-hybridized carbons (Fsp3) is 0.556. The number of carbonyl (C=O) groups excluding carboxylic acids is 2. The maximum Gasteiger partial charge on any atom is 0.136 e. The van der Waals surface area contributed by atoms with Gasteiger partial charge in [-0.3, -0.25) is 9.69 Å². The fourth-order valence-electron chi connectivity index (χ4n) is 3.18. The smallest absolute Gasteiger partial charge is 0.136 e. The van der Waals surface area contributed by atoms with E-state index in [1.807, 2.05) is 18.2 Å². The third kappa shape index (κ3) is 4.55. The van der Waals surface area contributed by atoms with Crippen LogP contribution in [0.4, 0.5) is 5.69 Å². The van der Waals surface area contributed by atoms with Crippen LogP contribution >= 0.6 is 11.6 Å². The summed E-state index contributed by atoms with van der Waals surface area (Å²) in [6, 6.07) is 7.91. The van der Waals surface area contributed by atoms with Crippen molar-refractivity contribution in [2.45, 2.75) is 19.3 Å². The molecule has 0 bridgehead atoms. The number of Topliss-reactive ketones (excluding diaryl/α,β-unsaturated/α-hetero) is 1. The normalized spacial score (nSPS) is 20.3. The quantitative estimate of drug-likeness (QED) is 0.719. The van der Waals surface area contributed by atoms with E-state index in [1.54, 1.807) is 0 Å². The molecule has 1 aliphatic carbocycles. The molecule has 3 rings (SSSR count). The van der Waals surface area contributed by atoms with Gasteiger partial charge in [0.25, 0.3) is 0 Å². The van der Waals surface area contributed by atoms with Crippen molar-refractivity contribution in [1.82, 2.24) is 4.90 Å². The Morgan fingerprint density at radius 3 is 2.61 bits per heavy atom. The Kier molecular flexibility index (Phi) is 5.34. The largest absolute Gasteiger partial charge is 0.369 e. The standard InChI is InChI=1S/C18H23ClN2O2/c19-16-2-1-3-17(11-16)21-8-6-20(7-9-21)12-14(13-22)10-18(23)15-4-5-15/h1-3,11,13-15H,4-10,12H2. The summed E-state index contributed by atoms with van der Waals surface area (Å²) < 4.78 is 0. The van der Waals surface area contributed by atoms with Crippen LogP contribution in [0.1, 0.15) is 19.3 Å². The second-order valence-electron chi connectivity index (χ2n) is 6.61. The Hall–Kier alpha value is -1.39. The minimum Gasteiger partial charge on any atom is -0.369 e. The van der Waals surface area contributed by atoms with Gasteiger partial charge < -0.3 is 9.69 Å². The molecular formula is C18H23ClN2O2. The Labute approximate surface area is 142 Å². The van der Waals surface area contributed by atoms with Gasteiger partial charge in [0.05, 0.1) is 0 Å². The second-order valence-corrected chi connectivity index (χ2v) is 7.04. The molecule has 0 N–H and O–H groups in total. The number of ketones is 1. The number of aldehydes is 1. The number of halogens is 1. The summed E-state index contributed by atoms with van der Waals surface area (Å²) in [5.74, 6) is 0.373. The predicted molar refractivity (Wildman–Crippen MR) is 92.0 cm³/mol. The topological polar surface area (TPSA) is 40.6 Å². The first-order valence-electron chi connectivity index (χ1n) is 8.36. The van der Waals surface area contributed by atoms with Crippen molar-refractivity contribution < 1.29 is 9.59 Å². The third-order valence-electron chi connectivity index (χ3n) is 4.73. The lowest BCUT2D eigenvalue weighted by Gasteiger charge is -2.37. The first-order valence-corrected chi connectivity index (χ1v) is 8.74. The van der Waals surface area contributed by atoms with Gasteiger partial charge in [-0.25, -0.2) is 0 Å². The van der Waals surface area contributed by atoms with E-state index in [0.29, 0.717) is 13.0 Å². The van der Waals surface area contributed by atoms with Crippen molar-refractivity contribution >= 4 is 29.4 Å². The molecule has 1 unspecified atom stereocenters. The molecule has 1 atom stereocenters. The van der Waals surface area contributed by atoms with Crippen LogP contribution in [-0.4, -0.2) is 49.7 Å². The molecule has 0 amide bonds. The van der Waals surface area contributed by atoms with Crippen molar-refractivity contribution in [3.05, 3.63) is 29.3 Å². The molecule has 1 saturated carbocycles. The summed E-state index contributed by atoms with van der Waals surface area (Å²) in [6.07, 6.45) is 3.41. The van der Waals surface area contributed by atoms with Gasteiger partial charge in [0, 0.05) is 61.7 Å². The zero-order valence-electron chi connectivity index (χ0n) is 13.3. The van der Waals surface area contributed by atoms with E-state index in [2.05, 4.69) is 15.9 Å². The van der Waals surface area contributed by atoms with E-state index < -0.39 is 0 Å². The summed E-state index contributed by atoms with van der Waals surface area (Å²) in [4.78, 5) is 27.8. The van der Waals surface area contributed by atoms with Crippen molar-refractivity contribution in [2.75, 3.05) is 37.6 Å². The molecule has 1 aromatic carbocycles. The molecular weight excluding hydrogens is 312 g/mol. The molecule has 124 valence electrons. The van der Waals surface area contributed by atoms with Crippen LogP contribution in [0.3, 0.4) is 0 Å². The Balaban J connectivity index is 1.48. The van der Waals surface area contributed by atoms with Gasteiger partial charge in [0.1, 0.15) is 12.1 Å². The first kappa shape index (κ1) is 16.5. The highest BCUT2D eigenvalue weighted by Gasteiger charge is 2.31. The maximum absolute atomic E-state index is 11.9. The zero-order chi connectivity index (χ0) is 16.2. The van der Waals surface area contributed by atoms with E-state index in [1.165, 1.54) is 0 Å². The maximum atomic E-state index is 11.9. The highest BCUT2D eigenvalue weighted by Crippen LogP contribution is 2.32. The lowest BCUT2D eigenvalue weighted by atomic mass is 10.0. The van der Waals surface area contributed by atoms with Crippen LogP contribution in [-0.2, 0) is 9.59 Å². The first-order chi connectivity index (χ1) is 11.2. The van der Waals surface area contributed by atoms with Gasteiger partial charge in [-0.1, -0.05) is 17.7 Å². The van der Waals surface area contributed by atoms with E-state index >= 15 is 0 Å². The predicted octanol–water partition coefficient (Wildman–Crippen LogP) is 2.65. The fourth-order valence-corrected chi connectivity index (χ4v) is 3.36. The van der Waals surface area contributed by atoms with Gasteiger partial charge in [0.15, 0.2) is 0 Å². The highest BCUT2D eigenvalue weighted by molar-refractivity contribution is 6.30. The van der Waals surface area contributed by atoms with Crippen LogP contribution in [0.5, 0.6) is 0 Å². The molecule has 0 spiro atoms. The lowest BCUT2D eigenvalue weighted by molar-refractivity contribution is -0.124. The van der Waals surface area contributed by atoms with E-state index in [9.17, 15) is 9.59 Å². The van der Waals surface area contributed by atoms with Crippen LogP contribution in [0.2, 0.25) is 5.02 Å². The summed E-state index contributed by atoms with van der Waals surface area (Å²) in [7, 11) is 0. The van der Waals surface area contributed by atoms with Gasteiger partial charge in [0.2, 0.25) is 0 Å². The number of anilines is 1. The SMILES string of the molecule is O=CC(CC(=O)C1CC1)CN1CCN(c2cccc(Cl)c2)CC1. The van der Waals surface area contributed by atoms with Gasteiger partial charge in [-0.05, 0) is 31.0 Å². The lowest BCUT2D eigenvalue weighted by Crippen LogP contribution is -2.48. The monoisotopic (exact) mass is 334 g/mol. The Morgan fingerprint density at radius 1 is 1.26 bits per heavy atom. The van der Waals surface area contributed by atoms with Gasteiger partial charge in [-0.15, -0.1) is 0 Å². The number of hydrogen-bond acceptors (Lipinski definition) is 4. The zero-order valence-corrected chi connectivity index (χ0v) is 14.0. The molecule has 2 aliphatic rings. The number of hydrogen-bond donors (Lipinski definition) is 0. The van der Waals surface area contributed by atoms with Crippen LogP contribution in [0.25, 0.3) is 0 Å². The summed E-state index contributed by atoms with van der Waals surface area (Å²) in [5, 5.41) is 0.754. The molecule has 1 saturated heterocycles. The van der Waals surface area contributed by atoms with Crippen LogP contribution in [0, 0.1) is 11.8 Å². The third-order valence-corrected chi connectivity index (χ3v) is 4.96. The minimum absolute atomic E-state index is 0.152. The molecule has 4 nitrogen and oxygen atoms in total. The number of rotatable bonds is 7. The van der Waals surface area contributed by atoms with E-state index in [-0.39, 0.29) is 17.6 Å². The Bertz CT molecular complexity index is 566.